The number of benzene rings is 3. The number of ether oxygens (including phenoxy) is 4. The first-order chi connectivity index (χ1) is 27.1. The number of nitrogens with two attached hydrogens (primary N) is 2. The molecule has 4 unspecified atom stereocenters. The van der Waals surface area contributed by atoms with E-state index in [9.17, 15) is 0 Å². The van der Waals surface area contributed by atoms with Crippen molar-refractivity contribution < 1.29 is 23.3 Å². The van der Waals surface area contributed by atoms with E-state index in [1.165, 1.54) is 6.07 Å². The van der Waals surface area contributed by atoms with Crippen molar-refractivity contribution in [2.24, 2.45) is 17.5 Å². The normalized spacial score (nSPS) is 21.4. The predicted molar refractivity (Wildman–Crippen MR) is 214 cm³/mol. The topological polar surface area (TPSA) is 162 Å². The summed E-state index contributed by atoms with van der Waals surface area (Å²) in [7, 11) is 0. The number of fused-ring (bicyclic) bond motifs is 7. The Labute approximate surface area is 329 Å². The van der Waals surface area contributed by atoms with E-state index in [0.29, 0.717) is 87.2 Å². The molecule has 0 aliphatic carbocycles. The van der Waals surface area contributed by atoms with E-state index >= 15 is 4.39 Å². The molecule has 3 aromatic carbocycles. The Hall–Kier alpha value is -4.89. The summed E-state index contributed by atoms with van der Waals surface area (Å²) < 4.78 is 41.5. The standard InChI is InChI=1S/C41H47ClFN9O4/c1-20(2)22(4)51(45)17-29(44)24-7-5-23(6-8-24)18-54-39-34(33-21(3)28(43)14-30-27(33)16-47-50-30)36(42)38-35-37(39)48-41(56-26-9-11-53-12-10-26)49-40(35)52-25-13-31(46-15-25)32(52)19-55-38/h5-8,14,16-17,20,22,25-26,31-32,46H,9-13,15,18-19,44-45H2,1-4H3,(H,47,50)/b29-17-. The van der Waals surface area contributed by atoms with Crippen LogP contribution in [0.5, 0.6) is 17.5 Å². The molecule has 5 aromatic rings. The number of piperazine rings is 1. The molecule has 0 amide bonds. The van der Waals surface area contributed by atoms with E-state index in [0.717, 1.165) is 36.9 Å². The lowest BCUT2D eigenvalue weighted by Crippen LogP contribution is -2.53. The maximum absolute atomic E-state index is 15.8. The zero-order chi connectivity index (χ0) is 38.8. The van der Waals surface area contributed by atoms with Crippen LogP contribution in [0.25, 0.3) is 38.6 Å². The molecule has 0 spiro atoms. The molecule has 13 nitrogen and oxygen atoms in total. The van der Waals surface area contributed by atoms with Gasteiger partial charge in [0.05, 0.1) is 47.1 Å². The van der Waals surface area contributed by atoms with Gasteiger partial charge in [-0.2, -0.15) is 15.1 Å². The molecule has 0 radical (unpaired) electrons. The van der Waals surface area contributed by atoms with Crippen LogP contribution < -0.4 is 36.0 Å². The summed E-state index contributed by atoms with van der Waals surface area (Å²) >= 11 is 7.53. The molecule has 3 fully saturated rings. The van der Waals surface area contributed by atoms with Gasteiger partial charge >= 0.3 is 6.01 Å². The minimum absolute atomic E-state index is 0.00971. The Morgan fingerprint density at radius 2 is 1.95 bits per heavy atom. The molecule has 3 saturated heterocycles. The molecule has 4 atom stereocenters. The molecule has 4 aliphatic rings. The van der Waals surface area contributed by atoms with E-state index in [1.807, 2.05) is 24.3 Å². The van der Waals surface area contributed by atoms with Crippen LogP contribution in [0.4, 0.5) is 10.2 Å². The highest BCUT2D eigenvalue weighted by Gasteiger charge is 2.49. The molecule has 4 aliphatic heterocycles. The second-order valence-electron chi connectivity index (χ2n) is 15.7. The first-order valence-electron chi connectivity index (χ1n) is 19.4. The summed E-state index contributed by atoms with van der Waals surface area (Å²) in [5.41, 5.74) is 11.1. The number of aromatic nitrogens is 4. The first-order valence-corrected chi connectivity index (χ1v) is 19.8. The van der Waals surface area contributed by atoms with Gasteiger partial charge in [-0.3, -0.25) is 5.10 Å². The number of aromatic amines is 1. The van der Waals surface area contributed by atoms with Crippen molar-refractivity contribution in [3.63, 3.8) is 0 Å². The Balaban J connectivity index is 1.20. The molecular formula is C41H47ClFN9O4. The van der Waals surface area contributed by atoms with Gasteiger partial charge < -0.3 is 39.9 Å². The van der Waals surface area contributed by atoms with E-state index < -0.39 is 5.82 Å². The summed E-state index contributed by atoms with van der Waals surface area (Å²) in [6, 6.07) is 10.0. The SMILES string of the molecule is Cc1c(F)cc2[nH]ncc2c1-c1c(Cl)c2c3c(nc(OC4CCOCC4)nc3c1OCc1ccc(/C(N)=C/N(N)C(C)C(C)C)cc1)N1C3CNC(C3)C1CO2. The Bertz CT molecular complexity index is 2330. The van der Waals surface area contributed by atoms with Crippen molar-refractivity contribution in [2.75, 3.05) is 31.3 Å². The van der Waals surface area contributed by atoms with E-state index in [4.69, 9.17) is 52.1 Å². The average Bonchev–Trinajstić information content (AvgIpc) is 3.92. The fraction of sp³-hybridized carbons (Fsp3) is 0.439. The van der Waals surface area contributed by atoms with E-state index in [-0.39, 0.29) is 47.9 Å². The monoisotopic (exact) mass is 783 g/mol. The van der Waals surface area contributed by atoms with Crippen molar-refractivity contribution in [3.8, 4) is 28.6 Å². The highest BCUT2D eigenvalue weighted by molar-refractivity contribution is 6.38. The fourth-order valence-electron chi connectivity index (χ4n) is 8.47. The number of hydrazine groups is 1. The number of anilines is 1. The maximum Gasteiger partial charge on any atom is 0.319 e. The first kappa shape index (κ1) is 36.7. The number of hydrogen-bond donors (Lipinski definition) is 4. The number of hydrogen-bond acceptors (Lipinski definition) is 12. The largest absolute Gasteiger partial charge is 0.489 e. The second kappa shape index (κ2) is 14.6. The van der Waals surface area contributed by atoms with Crippen LogP contribution in [0.15, 0.2) is 42.7 Å². The summed E-state index contributed by atoms with van der Waals surface area (Å²) in [5, 5.41) is 14.1. The maximum atomic E-state index is 15.8. The third kappa shape index (κ3) is 6.32. The molecule has 6 N–H and O–H groups in total. The summed E-state index contributed by atoms with van der Waals surface area (Å²) in [4.78, 5) is 12.6. The van der Waals surface area contributed by atoms with E-state index in [1.54, 1.807) is 24.3 Å². The summed E-state index contributed by atoms with van der Waals surface area (Å²) in [5.74, 6) is 7.72. The van der Waals surface area contributed by atoms with Gasteiger partial charge in [-0.05, 0) is 48.9 Å². The van der Waals surface area contributed by atoms with Crippen molar-refractivity contribution in [3.05, 3.63) is 70.3 Å². The molecule has 9 rings (SSSR count). The zero-order valence-corrected chi connectivity index (χ0v) is 32.7. The van der Waals surface area contributed by atoms with Gasteiger partial charge in [0.15, 0.2) is 11.5 Å². The smallest absolute Gasteiger partial charge is 0.319 e. The lowest BCUT2D eigenvalue weighted by atomic mass is 9.93. The van der Waals surface area contributed by atoms with Crippen molar-refractivity contribution >= 4 is 44.9 Å². The predicted octanol–water partition coefficient (Wildman–Crippen LogP) is 6.20. The van der Waals surface area contributed by atoms with Gasteiger partial charge in [0.25, 0.3) is 0 Å². The molecular weight excluding hydrogens is 737 g/mol. The average molecular weight is 784 g/mol. The third-order valence-corrected chi connectivity index (χ3v) is 12.3. The molecule has 2 aromatic heterocycles. The number of halogens is 2. The minimum Gasteiger partial charge on any atom is -0.489 e. The summed E-state index contributed by atoms with van der Waals surface area (Å²) in [6.45, 7) is 10.5. The van der Waals surface area contributed by atoms with Gasteiger partial charge in [0.2, 0.25) is 0 Å². The number of nitrogens with zero attached hydrogens (tertiary/aromatic N) is 5. The van der Waals surface area contributed by atoms with Crippen molar-refractivity contribution in [1.29, 1.82) is 0 Å². The zero-order valence-electron chi connectivity index (χ0n) is 31.9. The van der Waals surface area contributed by atoms with Gasteiger partial charge in [0.1, 0.15) is 36.5 Å². The lowest BCUT2D eigenvalue weighted by Gasteiger charge is -2.35. The summed E-state index contributed by atoms with van der Waals surface area (Å²) in [6.07, 6.45) is 5.72. The van der Waals surface area contributed by atoms with Gasteiger partial charge in [-0.15, -0.1) is 0 Å². The highest BCUT2D eigenvalue weighted by atomic mass is 35.5. The van der Waals surface area contributed by atoms with Gasteiger partial charge in [-0.25, -0.2) is 10.2 Å². The molecule has 2 bridgehead atoms. The Morgan fingerprint density at radius 1 is 1.16 bits per heavy atom. The third-order valence-electron chi connectivity index (χ3n) is 12.0. The lowest BCUT2D eigenvalue weighted by molar-refractivity contribution is 0.0219. The highest BCUT2D eigenvalue weighted by Crippen LogP contribution is 2.55. The van der Waals surface area contributed by atoms with Crippen molar-refractivity contribution in [2.45, 2.75) is 83.8 Å². The van der Waals surface area contributed by atoms with E-state index in [2.05, 4.69) is 41.2 Å². The minimum atomic E-state index is -0.416. The van der Waals surface area contributed by atoms with Gasteiger partial charge in [-0.1, -0.05) is 49.7 Å². The van der Waals surface area contributed by atoms with Crippen LogP contribution in [0.1, 0.15) is 56.7 Å². The van der Waals surface area contributed by atoms with Crippen molar-refractivity contribution in [1.82, 2.24) is 30.5 Å². The number of rotatable bonds is 10. The molecule has 6 heterocycles. The second-order valence-corrected chi connectivity index (χ2v) is 16.1. The number of H-pyrrole nitrogens is 1. The fourth-order valence-corrected chi connectivity index (χ4v) is 8.80. The Kier molecular flexibility index (Phi) is 9.55. The molecule has 15 heteroatoms. The Morgan fingerprint density at radius 3 is 2.71 bits per heavy atom. The van der Waals surface area contributed by atoms with Gasteiger partial charge in [0, 0.05) is 60.2 Å². The van der Waals surface area contributed by atoms with Crippen LogP contribution in [-0.2, 0) is 11.3 Å². The molecule has 0 saturated carbocycles. The van der Waals surface area contributed by atoms with Crippen LogP contribution in [0, 0.1) is 18.7 Å². The number of nitrogens with one attached hydrogen (secondary N) is 2. The van der Waals surface area contributed by atoms with Crippen LogP contribution in [0.2, 0.25) is 5.02 Å². The quantitative estimate of drug-likeness (QED) is 0.0940. The molecule has 294 valence electrons. The van der Waals surface area contributed by atoms with Crippen LogP contribution in [-0.4, -0.2) is 81.8 Å². The van der Waals surface area contributed by atoms with Crippen LogP contribution in [0.3, 0.4) is 0 Å². The van der Waals surface area contributed by atoms with Crippen LogP contribution >= 0.6 is 11.6 Å². The molecule has 56 heavy (non-hydrogen) atoms.